The molecule has 0 spiro atoms. The summed E-state index contributed by atoms with van der Waals surface area (Å²) in [5.41, 5.74) is -1.30. The number of hydrogen-bond acceptors (Lipinski definition) is 6. The van der Waals surface area contributed by atoms with Gasteiger partial charge in [0.2, 0.25) is 0 Å². The fourth-order valence-corrected chi connectivity index (χ4v) is 4.40. The second kappa shape index (κ2) is 10.6. The van der Waals surface area contributed by atoms with Crippen LogP contribution in [0.5, 0.6) is 0 Å². The van der Waals surface area contributed by atoms with Gasteiger partial charge in [-0.05, 0) is 36.2 Å². The third-order valence-electron chi connectivity index (χ3n) is 6.40. The van der Waals surface area contributed by atoms with Crippen LogP contribution >= 0.6 is 0 Å². The van der Waals surface area contributed by atoms with Gasteiger partial charge in [-0.25, -0.2) is 9.48 Å². The zero-order chi connectivity index (χ0) is 28.5. The number of halogens is 5. The lowest BCUT2D eigenvalue weighted by atomic mass is 10.0. The van der Waals surface area contributed by atoms with Crippen molar-refractivity contribution in [1.29, 1.82) is 0 Å². The van der Waals surface area contributed by atoms with Crippen LogP contribution < -0.4 is 10.2 Å². The minimum atomic E-state index is -4.93. The number of ether oxygens (including phenoxy) is 1. The van der Waals surface area contributed by atoms with E-state index in [2.05, 4.69) is 15.2 Å². The van der Waals surface area contributed by atoms with Crippen LogP contribution in [0.4, 0.5) is 27.8 Å². The average Bonchev–Trinajstić information content (AvgIpc) is 3.48. The molecule has 0 saturated carbocycles. The number of methoxy groups -OCH3 is 1. The highest BCUT2D eigenvalue weighted by Gasteiger charge is 2.44. The minimum absolute atomic E-state index is 0.0583. The lowest BCUT2D eigenvalue weighted by Crippen LogP contribution is -2.31. The Bertz CT molecular complexity index is 1370. The number of aliphatic hydroxyl groups is 1. The lowest BCUT2D eigenvalue weighted by Gasteiger charge is -2.22. The van der Waals surface area contributed by atoms with Gasteiger partial charge in [-0.3, -0.25) is 4.79 Å². The highest BCUT2D eigenvalue weighted by molar-refractivity contribution is 6.01. The van der Waals surface area contributed by atoms with E-state index in [0.29, 0.717) is 11.1 Å². The summed E-state index contributed by atoms with van der Waals surface area (Å²) in [6.45, 7) is 0.375. The van der Waals surface area contributed by atoms with Crippen molar-refractivity contribution in [2.24, 2.45) is 0 Å². The third-order valence-corrected chi connectivity index (χ3v) is 6.40. The van der Waals surface area contributed by atoms with Crippen LogP contribution in [-0.4, -0.2) is 47.0 Å². The Labute approximate surface area is 220 Å². The van der Waals surface area contributed by atoms with E-state index >= 15 is 0 Å². The summed E-state index contributed by atoms with van der Waals surface area (Å²) in [6.07, 6.45) is -4.93. The van der Waals surface area contributed by atoms with Crippen molar-refractivity contribution in [2.45, 2.75) is 38.2 Å². The number of hydrogen-bond donors (Lipinski definition) is 2. The second-order valence-electron chi connectivity index (χ2n) is 9.06. The molecular weight excluding hydrogens is 527 g/mol. The van der Waals surface area contributed by atoms with Crippen LogP contribution in [-0.2, 0) is 29.9 Å². The summed E-state index contributed by atoms with van der Waals surface area (Å²) < 4.78 is 75.5. The molecule has 2 aromatic carbocycles. The van der Waals surface area contributed by atoms with Crippen LogP contribution in [0, 0.1) is 0 Å². The number of aliphatic hydroxyl groups excluding tert-OH is 1. The van der Waals surface area contributed by atoms with Crippen molar-refractivity contribution in [2.75, 3.05) is 25.2 Å². The Balaban J connectivity index is 1.63. The molecule has 13 heteroatoms. The summed E-state index contributed by atoms with van der Waals surface area (Å²) in [7, 11) is 1.23. The second-order valence-corrected chi connectivity index (χ2v) is 9.06. The Hall–Kier alpha value is -4.00. The first-order chi connectivity index (χ1) is 18.4. The zero-order valence-electron chi connectivity index (χ0n) is 20.9. The number of esters is 1. The molecule has 1 atom stereocenters. The van der Waals surface area contributed by atoms with Gasteiger partial charge in [-0.2, -0.15) is 27.1 Å². The van der Waals surface area contributed by atoms with Crippen molar-refractivity contribution in [1.82, 2.24) is 15.1 Å². The van der Waals surface area contributed by atoms with Crippen molar-refractivity contribution < 1.29 is 41.4 Å². The fraction of sp³-hybridized carbons (Fsp3) is 0.346. The van der Waals surface area contributed by atoms with E-state index in [0.717, 1.165) is 10.7 Å². The minimum Gasteiger partial charge on any atom is -0.465 e. The summed E-state index contributed by atoms with van der Waals surface area (Å²) in [6, 6.07) is 10.5. The van der Waals surface area contributed by atoms with Gasteiger partial charge in [0, 0.05) is 18.7 Å². The molecule has 8 nitrogen and oxygen atoms in total. The Morgan fingerprint density at radius 2 is 1.79 bits per heavy atom. The topological polar surface area (TPSA) is 96.7 Å². The quantitative estimate of drug-likeness (QED) is 0.320. The van der Waals surface area contributed by atoms with Gasteiger partial charge >= 0.3 is 12.1 Å². The molecule has 0 bridgehead atoms. The highest BCUT2D eigenvalue weighted by atomic mass is 19.4. The van der Waals surface area contributed by atoms with Crippen molar-refractivity contribution in [3.63, 3.8) is 0 Å². The number of alkyl halides is 5. The molecule has 0 radical (unpaired) electrons. The molecule has 1 aromatic heterocycles. The Morgan fingerprint density at radius 3 is 2.41 bits per heavy atom. The number of carbonyl (C=O) groups is 2. The maximum Gasteiger partial charge on any atom is 0.436 e. The molecule has 39 heavy (non-hydrogen) atoms. The lowest BCUT2D eigenvalue weighted by molar-refractivity contribution is -0.141. The van der Waals surface area contributed by atoms with Gasteiger partial charge in [-0.1, -0.05) is 30.3 Å². The van der Waals surface area contributed by atoms with Gasteiger partial charge in [0.1, 0.15) is 18.0 Å². The first kappa shape index (κ1) is 28.0. The van der Waals surface area contributed by atoms with Gasteiger partial charge in [0.05, 0.1) is 25.3 Å². The Kier molecular flexibility index (Phi) is 7.64. The molecule has 208 valence electrons. The largest absolute Gasteiger partial charge is 0.465 e. The van der Waals surface area contributed by atoms with E-state index in [1.165, 1.54) is 42.3 Å². The number of nitrogens with zero attached hydrogens (tertiary/aromatic N) is 3. The monoisotopic (exact) mass is 552 g/mol. The molecule has 0 saturated heterocycles. The standard InChI is InChI=1S/C26H25F5N4O4/c1-15(17-6-8-18(9-7-17)24(38)39-2)32-22(37)20-21(26(29,30)31)33-35-11-10-34(23(20)35)13-16-4-3-5-19(12-16)25(27,28)14-36/h3-9,12,15,36H,10-11,13-14H2,1-2H3,(H,32,37)/t15-/m0/s1. The number of fused-ring (bicyclic) bond motifs is 1. The van der Waals surface area contributed by atoms with Gasteiger partial charge in [-0.15, -0.1) is 0 Å². The third kappa shape index (κ3) is 5.72. The smallest absolute Gasteiger partial charge is 0.436 e. The molecule has 0 fully saturated rings. The maximum atomic E-state index is 14.0. The number of nitrogens with one attached hydrogen (secondary N) is 1. The van der Waals surface area contributed by atoms with E-state index < -0.39 is 53.4 Å². The van der Waals surface area contributed by atoms with Crippen LogP contribution in [0.15, 0.2) is 48.5 Å². The van der Waals surface area contributed by atoms with Crippen LogP contribution in [0.3, 0.4) is 0 Å². The maximum absolute atomic E-state index is 14.0. The van der Waals surface area contributed by atoms with E-state index in [1.54, 1.807) is 19.1 Å². The number of carbonyl (C=O) groups excluding carboxylic acids is 2. The molecule has 3 aromatic rings. The number of benzene rings is 2. The molecule has 1 aliphatic heterocycles. The first-order valence-electron chi connectivity index (χ1n) is 11.9. The van der Waals surface area contributed by atoms with Crippen molar-refractivity contribution in [3.8, 4) is 0 Å². The van der Waals surface area contributed by atoms with E-state index in [1.807, 2.05) is 0 Å². The molecule has 0 unspecified atom stereocenters. The molecular formula is C26H25F5N4O4. The first-order valence-corrected chi connectivity index (χ1v) is 11.9. The Morgan fingerprint density at radius 1 is 1.10 bits per heavy atom. The van der Waals surface area contributed by atoms with Crippen LogP contribution in [0.1, 0.15) is 56.1 Å². The molecule has 0 aliphatic carbocycles. The summed E-state index contributed by atoms with van der Waals surface area (Å²) in [5, 5.41) is 15.2. The van der Waals surface area contributed by atoms with Gasteiger partial charge in [0.25, 0.3) is 11.8 Å². The van der Waals surface area contributed by atoms with Crippen LogP contribution in [0.2, 0.25) is 0 Å². The van der Waals surface area contributed by atoms with Crippen molar-refractivity contribution in [3.05, 3.63) is 82.0 Å². The summed E-state index contributed by atoms with van der Waals surface area (Å²) >= 11 is 0. The van der Waals surface area contributed by atoms with E-state index in [9.17, 15) is 31.5 Å². The average molecular weight is 553 g/mol. The fourth-order valence-electron chi connectivity index (χ4n) is 4.40. The van der Waals surface area contributed by atoms with Crippen LogP contribution in [0.25, 0.3) is 0 Å². The SMILES string of the molecule is COC(=O)c1ccc([C@H](C)NC(=O)c2c(C(F)(F)F)nn3c2N(Cc2cccc(C(F)(F)CO)c2)CC3)cc1. The van der Waals surface area contributed by atoms with E-state index in [-0.39, 0.29) is 31.0 Å². The highest BCUT2D eigenvalue weighted by Crippen LogP contribution is 2.39. The molecule has 2 N–H and O–H groups in total. The van der Waals surface area contributed by atoms with Gasteiger partial charge < -0.3 is 20.1 Å². The number of rotatable bonds is 8. The molecule has 1 aliphatic rings. The summed E-state index contributed by atoms with van der Waals surface area (Å²) in [4.78, 5) is 26.4. The van der Waals surface area contributed by atoms with Gasteiger partial charge in [0.15, 0.2) is 5.69 Å². The number of amides is 1. The number of aromatic nitrogens is 2. The zero-order valence-corrected chi connectivity index (χ0v) is 20.9. The van der Waals surface area contributed by atoms with Crippen molar-refractivity contribution >= 4 is 17.7 Å². The predicted molar refractivity (Wildman–Crippen MR) is 129 cm³/mol. The molecule has 1 amide bonds. The molecule has 4 rings (SSSR count). The molecule has 2 heterocycles. The number of anilines is 1. The summed E-state index contributed by atoms with van der Waals surface area (Å²) in [5.74, 6) is -5.13. The normalized spacial score (nSPS) is 14.2. The van der Waals surface area contributed by atoms with E-state index in [4.69, 9.17) is 5.11 Å². The predicted octanol–water partition coefficient (Wildman–Crippen LogP) is 4.28.